The summed E-state index contributed by atoms with van der Waals surface area (Å²) in [5.41, 5.74) is 7.50. The van der Waals surface area contributed by atoms with E-state index < -0.39 is 6.43 Å². The van der Waals surface area contributed by atoms with Gasteiger partial charge in [-0.05, 0) is 17.5 Å². The third-order valence-electron chi connectivity index (χ3n) is 2.49. The summed E-state index contributed by atoms with van der Waals surface area (Å²) < 4.78 is 25.0. The molecular formula is C13H17F2N. The Morgan fingerprint density at radius 1 is 1.38 bits per heavy atom. The van der Waals surface area contributed by atoms with Crippen LogP contribution in [0.15, 0.2) is 29.8 Å². The summed E-state index contributed by atoms with van der Waals surface area (Å²) in [6, 6.07) is 6.38. The first kappa shape index (κ1) is 12.8. The number of alkyl halides is 2. The van der Waals surface area contributed by atoms with Gasteiger partial charge in [0.1, 0.15) is 0 Å². The molecule has 0 aliphatic carbocycles. The van der Waals surface area contributed by atoms with Crippen LogP contribution >= 0.6 is 0 Å². The van der Waals surface area contributed by atoms with E-state index in [-0.39, 0.29) is 5.56 Å². The van der Waals surface area contributed by atoms with Gasteiger partial charge in [0.15, 0.2) is 0 Å². The van der Waals surface area contributed by atoms with Gasteiger partial charge < -0.3 is 5.73 Å². The van der Waals surface area contributed by atoms with Crippen LogP contribution in [0.3, 0.4) is 0 Å². The SMILES string of the molecule is CC(C)/C(=C/c1cccc(C(F)F)c1)CN. The molecule has 0 amide bonds. The third-order valence-corrected chi connectivity index (χ3v) is 2.49. The van der Waals surface area contributed by atoms with E-state index in [9.17, 15) is 8.78 Å². The molecule has 0 radical (unpaired) electrons. The molecule has 1 aromatic rings. The Bertz CT molecular complexity index is 370. The van der Waals surface area contributed by atoms with Crippen LogP contribution < -0.4 is 5.73 Å². The summed E-state index contributed by atoms with van der Waals surface area (Å²) in [6.45, 7) is 4.53. The maximum absolute atomic E-state index is 12.5. The average Bonchev–Trinajstić information content (AvgIpc) is 2.25. The van der Waals surface area contributed by atoms with Crippen LogP contribution in [0.2, 0.25) is 0 Å². The second-order valence-corrected chi connectivity index (χ2v) is 4.05. The number of nitrogens with two attached hydrogens (primary N) is 1. The predicted molar refractivity (Wildman–Crippen MR) is 63.3 cm³/mol. The van der Waals surface area contributed by atoms with E-state index in [1.807, 2.05) is 26.0 Å². The van der Waals surface area contributed by atoms with Gasteiger partial charge in [-0.2, -0.15) is 0 Å². The number of hydrogen-bond donors (Lipinski definition) is 1. The summed E-state index contributed by atoms with van der Waals surface area (Å²) in [7, 11) is 0. The lowest BCUT2D eigenvalue weighted by Gasteiger charge is -2.09. The standard InChI is InChI=1S/C13H17F2N/c1-9(2)12(8-16)7-10-4-3-5-11(6-10)13(14)15/h3-7,9,13H,8,16H2,1-2H3/b12-7+. The maximum atomic E-state index is 12.5. The largest absolute Gasteiger partial charge is 0.327 e. The summed E-state index contributed by atoms with van der Waals surface area (Å²) in [5.74, 6) is 0.334. The number of hydrogen-bond acceptors (Lipinski definition) is 1. The molecule has 0 aromatic heterocycles. The van der Waals surface area contributed by atoms with Gasteiger partial charge in [-0.3, -0.25) is 0 Å². The number of rotatable bonds is 4. The second kappa shape index (κ2) is 5.75. The summed E-state index contributed by atoms with van der Waals surface area (Å²) in [6.07, 6.45) is -0.537. The Morgan fingerprint density at radius 2 is 2.06 bits per heavy atom. The molecule has 0 spiro atoms. The molecule has 1 nitrogen and oxygen atoms in total. The fourth-order valence-electron chi connectivity index (χ4n) is 1.46. The molecular weight excluding hydrogens is 208 g/mol. The molecule has 16 heavy (non-hydrogen) atoms. The van der Waals surface area contributed by atoms with Gasteiger partial charge in [-0.25, -0.2) is 8.78 Å². The Kier molecular flexibility index (Phi) is 4.62. The highest BCUT2D eigenvalue weighted by atomic mass is 19.3. The number of benzene rings is 1. The maximum Gasteiger partial charge on any atom is 0.263 e. The van der Waals surface area contributed by atoms with Gasteiger partial charge in [0.25, 0.3) is 6.43 Å². The van der Waals surface area contributed by atoms with Crippen molar-refractivity contribution < 1.29 is 8.78 Å². The van der Waals surface area contributed by atoms with Crippen molar-refractivity contribution in [2.75, 3.05) is 6.54 Å². The molecule has 0 saturated heterocycles. The normalized spacial score (nSPS) is 12.6. The van der Waals surface area contributed by atoms with Crippen LogP contribution in [-0.2, 0) is 0 Å². The van der Waals surface area contributed by atoms with Crippen molar-refractivity contribution in [3.63, 3.8) is 0 Å². The Balaban J connectivity index is 3.00. The lowest BCUT2D eigenvalue weighted by atomic mass is 10.00. The van der Waals surface area contributed by atoms with Crippen molar-refractivity contribution in [2.45, 2.75) is 20.3 Å². The van der Waals surface area contributed by atoms with E-state index in [0.717, 1.165) is 11.1 Å². The predicted octanol–water partition coefficient (Wildman–Crippen LogP) is 3.62. The Hall–Kier alpha value is -1.22. The molecule has 0 heterocycles. The van der Waals surface area contributed by atoms with Crippen molar-refractivity contribution in [2.24, 2.45) is 11.7 Å². The quantitative estimate of drug-likeness (QED) is 0.832. The van der Waals surface area contributed by atoms with Crippen LogP contribution in [0.5, 0.6) is 0 Å². The van der Waals surface area contributed by atoms with Gasteiger partial charge in [-0.1, -0.05) is 43.7 Å². The molecule has 0 unspecified atom stereocenters. The monoisotopic (exact) mass is 225 g/mol. The Morgan fingerprint density at radius 3 is 2.56 bits per heavy atom. The molecule has 0 atom stereocenters. The van der Waals surface area contributed by atoms with Gasteiger partial charge in [0.2, 0.25) is 0 Å². The fraction of sp³-hybridized carbons (Fsp3) is 0.385. The van der Waals surface area contributed by atoms with Crippen molar-refractivity contribution in [1.29, 1.82) is 0 Å². The molecule has 2 N–H and O–H groups in total. The van der Waals surface area contributed by atoms with Gasteiger partial charge in [-0.15, -0.1) is 0 Å². The summed E-state index contributed by atoms with van der Waals surface area (Å²) >= 11 is 0. The molecule has 0 fully saturated rings. The minimum absolute atomic E-state index is 0.0499. The topological polar surface area (TPSA) is 26.0 Å². The van der Waals surface area contributed by atoms with E-state index in [0.29, 0.717) is 12.5 Å². The van der Waals surface area contributed by atoms with E-state index in [2.05, 4.69) is 0 Å². The highest BCUT2D eigenvalue weighted by molar-refractivity contribution is 5.54. The van der Waals surface area contributed by atoms with Crippen molar-refractivity contribution >= 4 is 6.08 Å². The molecule has 0 bridgehead atoms. The van der Waals surface area contributed by atoms with Crippen molar-refractivity contribution in [3.8, 4) is 0 Å². The van der Waals surface area contributed by atoms with E-state index in [4.69, 9.17) is 5.73 Å². The highest BCUT2D eigenvalue weighted by Gasteiger charge is 2.07. The highest BCUT2D eigenvalue weighted by Crippen LogP contribution is 2.21. The van der Waals surface area contributed by atoms with Crippen molar-refractivity contribution in [3.05, 3.63) is 41.0 Å². The lowest BCUT2D eigenvalue weighted by molar-refractivity contribution is 0.151. The first-order valence-electron chi connectivity index (χ1n) is 5.33. The third kappa shape index (κ3) is 3.42. The molecule has 88 valence electrons. The van der Waals surface area contributed by atoms with E-state index >= 15 is 0 Å². The van der Waals surface area contributed by atoms with Crippen LogP contribution in [0.1, 0.15) is 31.4 Å². The molecule has 1 aromatic carbocycles. The second-order valence-electron chi connectivity index (χ2n) is 4.05. The van der Waals surface area contributed by atoms with Crippen LogP contribution in [0.25, 0.3) is 6.08 Å². The van der Waals surface area contributed by atoms with Crippen molar-refractivity contribution in [1.82, 2.24) is 0 Å². The first-order valence-corrected chi connectivity index (χ1v) is 5.33. The zero-order valence-corrected chi connectivity index (χ0v) is 9.58. The average molecular weight is 225 g/mol. The molecule has 1 rings (SSSR count). The number of halogens is 2. The first-order chi connectivity index (χ1) is 7.54. The lowest BCUT2D eigenvalue weighted by Crippen LogP contribution is -2.08. The zero-order chi connectivity index (χ0) is 12.1. The molecule has 0 aliphatic rings. The Labute approximate surface area is 95.0 Å². The molecule has 0 aliphatic heterocycles. The fourth-order valence-corrected chi connectivity index (χ4v) is 1.46. The minimum Gasteiger partial charge on any atom is -0.327 e. The zero-order valence-electron chi connectivity index (χ0n) is 9.58. The van der Waals surface area contributed by atoms with Gasteiger partial charge in [0, 0.05) is 12.1 Å². The van der Waals surface area contributed by atoms with Crippen LogP contribution in [0, 0.1) is 5.92 Å². The molecule has 0 saturated carbocycles. The van der Waals surface area contributed by atoms with E-state index in [1.165, 1.54) is 12.1 Å². The van der Waals surface area contributed by atoms with Gasteiger partial charge in [0.05, 0.1) is 0 Å². The summed E-state index contributed by atoms with van der Waals surface area (Å²) in [4.78, 5) is 0. The summed E-state index contributed by atoms with van der Waals surface area (Å²) in [5, 5.41) is 0. The minimum atomic E-state index is -2.42. The van der Waals surface area contributed by atoms with Gasteiger partial charge >= 0.3 is 0 Å². The van der Waals surface area contributed by atoms with Crippen LogP contribution in [-0.4, -0.2) is 6.54 Å². The van der Waals surface area contributed by atoms with Crippen LogP contribution in [0.4, 0.5) is 8.78 Å². The molecule has 3 heteroatoms. The smallest absolute Gasteiger partial charge is 0.263 e. The van der Waals surface area contributed by atoms with E-state index in [1.54, 1.807) is 6.07 Å².